The summed E-state index contributed by atoms with van der Waals surface area (Å²) in [5.74, 6) is 0.736. The maximum absolute atomic E-state index is 12.4. The molecule has 16 heteroatoms. The monoisotopic (exact) mass is 799 g/mol. The SMILES string of the molecule is Cc1ccc(S(=O)(=O)OCCOCCO[C@@H]2C[C@@H](COc3nc4c(c(N5CCN(C(=O)O)C(CC#N)C5)n3)CCN(c3cccc5ccccc35)C4)N(C)C2)cc1. The van der Waals surface area contributed by atoms with Gasteiger partial charge in [0.05, 0.1) is 68.2 Å². The molecule has 15 nitrogen and oxygen atoms in total. The fraction of sp³-hybridized carbons (Fsp3) is 0.463. The molecule has 1 N–H and O–H groups in total. The van der Waals surface area contributed by atoms with Gasteiger partial charge in [0.25, 0.3) is 10.1 Å². The number of hydrogen-bond acceptors (Lipinski definition) is 13. The van der Waals surface area contributed by atoms with Gasteiger partial charge in [0, 0.05) is 55.4 Å². The van der Waals surface area contributed by atoms with Crippen LogP contribution in [0.3, 0.4) is 0 Å². The quantitative estimate of drug-likeness (QED) is 0.132. The van der Waals surface area contributed by atoms with Crippen LogP contribution in [0.15, 0.2) is 71.6 Å². The molecular weight excluding hydrogens is 751 g/mol. The zero-order valence-corrected chi connectivity index (χ0v) is 33.1. The number of nitrogens with zero attached hydrogens (tertiary/aromatic N) is 7. The Labute approximate surface area is 333 Å². The number of nitriles is 1. The Balaban J connectivity index is 0.972. The van der Waals surface area contributed by atoms with Crippen LogP contribution in [0.2, 0.25) is 0 Å². The molecule has 3 aromatic carbocycles. The predicted molar refractivity (Wildman–Crippen MR) is 213 cm³/mol. The molecule has 2 fully saturated rings. The van der Waals surface area contributed by atoms with Gasteiger partial charge in [-0.1, -0.05) is 54.1 Å². The number of carboxylic acid groups (broad SMARTS) is 1. The maximum atomic E-state index is 12.4. The molecule has 1 aromatic heterocycles. The summed E-state index contributed by atoms with van der Waals surface area (Å²) in [6.45, 7) is 5.99. The Kier molecular flexibility index (Phi) is 12.7. The molecule has 0 aliphatic carbocycles. The number of likely N-dealkylation sites (N-methyl/N-ethyl adjacent to an activating group) is 1. The first-order valence-electron chi connectivity index (χ1n) is 19.3. The first-order valence-corrected chi connectivity index (χ1v) is 20.7. The van der Waals surface area contributed by atoms with Crippen LogP contribution in [0.25, 0.3) is 10.8 Å². The van der Waals surface area contributed by atoms with Crippen molar-refractivity contribution in [1.82, 2.24) is 19.8 Å². The molecule has 0 radical (unpaired) electrons. The van der Waals surface area contributed by atoms with Crippen molar-refractivity contribution in [1.29, 1.82) is 5.26 Å². The van der Waals surface area contributed by atoms with E-state index in [1.165, 1.54) is 27.8 Å². The molecule has 3 aliphatic heterocycles. The first-order chi connectivity index (χ1) is 27.6. The highest BCUT2D eigenvalue weighted by Gasteiger charge is 2.35. The Bertz CT molecular complexity index is 2180. The Hall–Kier alpha value is -5.05. The van der Waals surface area contributed by atoms with Crippen LogP contribution in [0.1, 0.15) is 29.7 Å². The Morgan fingerprint density at radius 2 is 1.72 bits per heavy atom. The summed E-state index contributed by atoms with van der Waals surface area (Å²) in [4.78, 5) is 30.0. The van der Waals surface area contributed by atoms with E-state index in [1.807, 2.05) is 20.0 Å². The topological polar surface area (TPSA) is 171 Å². The summed E-state index contributed by atoms with van der Waals surface area (Å²) in [5.41, 5.74) is 3.98. The Morgan fingerprint density at radius 1 is 0.930 bits per heavy atom. The number of ether oxygens (including phenoxy) is 3. The third-order valence-corrected chi connectivity index (χ3v) is 12.2. The highest BCUT2D eigenvalue weighted by molar-refractivity contribution is 7.86. The van der Waals surface area contributed by atoms with Gasteiger partial charge < -0.3 is 34.0 Å². The molecule has 0 spiro atoms. The van der Waals surface area contributed by atoms with Crippen molar-refractivity contribution in [2.75, 3.05) is 82.6 Å². The Morgan fingerprint density at radius 3 is 2.53 bits per heavy atom. The predicted octanol–water partition coefficient (Wildman–Crippen LogP) is 4.47. The van der Waals surface area contributed by atoms with Crippen LogP contribution in [-0.2, 0) is 36.7 Å². The molecule has 57 heavy (non-hydrogen) atoms. The number of fused-ring (bicyclic) bond motifs is 2. The van der Waals surface area contributed by atoms with Crippen molar-refractivity contribution in [3.8, 4) is 12.1 Å². The summed E-state index contributed by atoms with van der Waals surface area (Å²) in [7, 11) is -1.81. The number of carbonyl (C=O) groups is 1. The fourth-order valence-corrected chi connectivity index (χ4v) is 8.74. The van der Waals surface area contributed by atoms with Gasteiger partial charge in [-0.25, -0.2) is 4.79 Å². The van der Waals surface area contributed by atoms with E-state index in [0.29, 0.717) is 52.4 Å². The number of likely N-dealkylation sites (tertiary alicyclic amines) is 1. The lowest BCUT2D eigenvalue weighted by atomic mass is 10.0. The van der Waals surface area contributed by atoms with Crippen molar-refractivity contribution in [2.24, 2.45) is 0 Å². The third kappa shape index (κ3) is 9.57. The highest BCUT2D eigenvalue weighted by atomic mass is 32.2. The van der Waals surface area contributed by atoms with E-state index < -0.39 is 22.3 Å². The number of amides is 1. The second kappa shape index (κ2) is 18.0. The van der Waals surface area contributed by atoms with Crippen LogP contribution < -0.4 is 14.5 Å². The third-order valence-electron chi connectivity index (χ3n) is 10.9. The van der Waals surface area contributed by atoms with E-state index in [-0.39, 0.29) is 49.2 Å². The summed E-state index contributed by atoms with van der Waals surface area (Å²) >= 11 is 0. The van der Waals surface area contributed by atoms with Gasteiger partial charge >= 0.3 is 12.1 Å². The maximum Gasteiger partial charge on any atom is 0.407 e. The minimum atomic E-state index is -3.84. The second-order valence-electron chi connectivity index (χ2n) is 14.7. The zero-order chi connectivity index (χ0) is 39.9. The number of piperazine rings is 1. The van der Waals surface area contributed by atoms with Gasteiger partial charge in [-0.3, -0.25) is 9.08 Å². The fourth-order valence-electron chi connectivity index (χ4n) is 7.85. The molecular formula is C41H49N7O8S. The van der Waals surface area contributed by atoms with Gasteiger partial charge in [-0.05, 0) is 50.4 Å². The largest absolute Gasteiger partial charge is 0.465 e. The minimum absolute atomic E-state index is 0.0396. The molecule has 0 saturated carbocycles. The van der Waals surface area contributed by atoms with Gasteiger partial charge in [-0.2, -0.15) is 23.6 Å². The average molecular weight is 800 g/mol. The number of rotatable bonds is 15. The van der Waals surface area contributed by atoms with E-state index in [4.69, 9.17) is 28.4 Å². The van der Waals surface area contributed by atoms with E-state index in [1.54, 1.807) is 12.1 Å². The van der Waals surface area contributed by atoms with Crippen LogP contribution in [-0.4, -0.2) is 130 Å². The van der Waals surface area contributed by atoms with E-state index in [2.05, 4.69) is 57.2 Å². The molecule has 4 aromatic rings. The van der Waals surface area contributed by atoms with Gasteiger partial charge in [0.2, 0.25) is 0 Å². The lowest BCUT2D eigenvalue weighted by Crippen LogP contribution is -2.55. The average Bonchev–Trinajstić information content (AvgIpc) is 3.57. The van der Waals surface area contributed by atoms with E-state index in [9.17, 15) is 23.6 Å². The van der Waals surface area contributed by atoms with Crippen LogP contribution in [0.5, 0.6) is 6.01 Å². The van der Waals surface area contributed by atoms with Crippen molar-refractivity contribution in [3.05, 3.63) is 83.6 Å². The first kappa shape index (κ1) is 40.2. The lowest BCUT2D eigenvalue weighted by Gasteiger charge is -2.41. The van der Waals surface area contributed by atoms with E-state index >= 15 is 0 Å². The summed E-state index contributed by atoms with van der Waals surface area (Å²) in [6.07, 6.45) is 0.451. The molecule has 3 aliphatic rings. The number of benzene rings is 3. The number of aryl methyl sites for hydroxylation is 1. The number of hydrogen-bond donors (Lipinski definition) is 1. The summed E-state index contributed by atoms with van der Waals surface area (Å²) in [6, 6.07) is 23.2. The standard InChI is InChI=1S/C41H49N7O8S/c1-29-10-12-34(13-11-29)57(51,52)56-23-21-53-20-22-54-33-24-32(45(2)26-33)28-55-40-43-37-27-46(38-9-5-7-30-6-3-4-8-35(30)38)17-15-36(37)39(44-40)47-18-19-48(41(49)50)31(25-47)14-16-42/h3-13,31-33H,14-15,17-28H2,1-2H3,(H,49,50)/t31?,32-,33+/m0/s1. The van der Waals surface area contributed by atoms with Crippen molar-refractivity contribution >= 4 is 38.5 Å². The van der Waals surface area contributed by atoms with Gasteiger partial charge in [0.1, 0.15) is 12.4 Å². The van der Waals surface area contributed by atoms with Crippen molar-refractivity contribution < 1.29 is 36.7 Å². The molecule has 302 valence electrons. The molecule has 3 atom stereocenters. The molecule has 1 unspecified atom stereocenters. The van der Waals surface area contributed by atoms with E-state index in [0.717, 1.165) is 41.3 Å². The zero-order valence-electron chi connectivity index (χ0n) is 32.3. The van der Waals surface area contributed by atoms with Crippen molar-refractivity contribution in [2.45, 2.75) is 55.8 Å². The normalized spacial score (nSPS) is 20.1. The summed E-state index contributed by atoms with van der Waals surface area (Å²) in [5, 5.41) is 21.7. The second-order valence-corrected chi connectivity index (χ2v) is 16.3. The number of aromatic nitrogens is 2. The minimum Gasteiger partial charge on any atom is -0.465 e. The lowest BCUT2D eigenvalue weighted by molar-refractivity contribution is 0.00402. The van der Waals surface area contributed by atoms with Crippen LogP contribution in [0.4, 0.5) is 16.3 Å². The molecule has 7 rings (SSSR count). The molecule has 1 amide bonds. The molecule has 2 saturated heterocycles. The summed E-state index contributed by atoms with van der Waals surface area (Å²) < 4.78 is 47.9. The van der Waals surface area contributed by atoms with Crippen LogP contribution in [0, 0.1) is 18.3 Å². The smallest absolute Gasteiger partial charge is 0.407 e. The van der Waals surface area contributed by atoms with Crippen LogP contribution >= 0.6 is 0 Å². The molecule has 4 heterocycles. The van der Waals surface area contributed by atoms with Gasteiger partial charge in [-0.15, -0.1) is 0 Å². The number of anilines is 2. The van der Waals surface area contributed by atoms with Crippen molar-refractivity contribution in [3.63, 3.8) is 0 Å². The highest BCUT2D eigenvalue weighted by Crippen LogP contribution is 2.35. The molecule has 0 bridgehead atoms. The van der Waals surface area contributed by atoms with Gasteiger partial charge in [0.15, 0.2) is 0 Å².